The van der Waals surface area contributed by atoms with Gasteiger partial charge in [-0.1, -0.05) is 23.8 Å². The van der Waals surface area contributed by atoms with Gasteiger partial charge in [0.15, 0.2) is 0 Å². The van der Waals surface area contributed by atoms with Gasteiger partial charge in [0.2, 0.25) is 0 Å². The van der Waals surface area contributed by atoms with Crippen molar-refractivity contribution >= 4 is 6.21 Å². The van der Waals surface area contributed by atoms with E-state index >= 15 is 0 Å². The fourth-order valence-electron chi connectivity index (χ4n) is 0.966. The first kappa shape index (κ1) is 12.9. The quantitative estimate of drug-likeness (QED) is 0.373. The van der Waals surface area contributed by atoms with E-state index < -0.39 is 0 Å². The maximum Gasteiger partial charge on any atom is 0.0319 e. The molecule has 14 heavy (non-hydrogen) atoms. The molecule has 80 valence electrons. The van der Waals surface area contributed by atoms with Crippen LogP contribution in [-0.2, 0) is 0 Å². The molecule has 0 rings (SSSR count). The lowest BCUT2D eigenvalue weighted by Gasteiger charge is -2.11. The molecule has 0 saturated carbocycles. The summed E-state index contributed by atoms with van der Waals surface area (Å²) in [6.07, 6.45) is 5.18. The number of rotatable bonds is 5. The van der Waals surface area contributed by atoms with Crippen molar-refractivity contribution in [3.05, 3.63) is 23.8 Å². The Morgan fingerprint density at radius 1 is 1.36 bits per heavy atom. The van der Waals surface area contributed by atoms with Crippen molar-refractivity contribution in [2.75, 3.05) is 14.1 Å². The fraction of sp³-hybridized carbons (Fsp3) is 0.583. The van der Waals surface area contributed by atoms with Crippen LogP contribution < -0.4 is 0 Å². The lowest BCUT2D eigenvalue weighted by atomic mass is 9.98. The Balaban J connectivity index is 4.31. The Labute approximate surface area is 88.0 Å². The van der Waals surface area contributed by atoms with Gasteiger partial charge < -0.3 is 5.01 Å². The van der Waals surface area contributed by atoms with Crippen molar-refractivity contribution in [1.82, 2.24) is 5.01 Å². The highest BCUT2D eigenvalue weighted by Gasteiger charge is 2.04. The van der Waals surface area contributed by atoms with Crippen LogP contribution in [0.25, 0.3) is 0 Å². The summed E-state index contributed by atoms with van der Waals surface area (Å²) in [5.74, 6) is 0.354. The number of hydrogen-bond donors (Lipinski definition) is 0. The zero-order chi connectivity index (χ0) is 11.1. The molecule has 0 bridgehead atoms. The molecule has 2 heteroatoms. The van der Waals surface area contributed by atoms with Crippen LogP contribution in [0.5, 0.6) is 0 Å². The maximum atomic E-state index is 4.24. The van der Waals surface area contributed by atoms with Crippen molar-refractivity contribution in [1.29, 1.82) is 0 Å². The molecule has 0 spiro atoms. The molecule has 0 aliphatic rings. The third kappa shape index (κ3) is 6.46. The van der Waals surface area contributed by atoms with Gasteiger partial charge in [-0.05, 0) is 27.2 Å². The minimum absolute atomic E-state index is 0.354. The van der Waals surface area contributed by atoms with Crippen molar-refractivity contribution in [2.24, 2.45) is 11.0 Å². The van der Waals surface area contributed by atoms with E-state index in [9.17, 15) is 0 Å². The molecule has 0 radical (unpaired) electrons. The second-order valence-corrected chi connectivity index (χ2v) is 4.08. The van der Waals surface area contributed by atoms with Gasteiger partial charge in [-0.15, -0.1) is 0 Å². The highest BCUT2D eigenvalue weighted by atomic mass is 15.4. The van der Waals surface area contributed by atoms with Gasteiger partial charge in [0.05, 0.1) is 0 Å². The van der Waals surface area contributed by atoms with E-state index in [2.05, 4.69) is 31.6 Å². The summed E-state index contributed by atoms with van der Waals surface area (Å²) >= 11 is 0. The van der Waals surface area contributed by atoms with Gasteiger partial charge in [-0.2, -0.15) is 5.10 Å². The normalized spacial score (nSPS) is 12.6. The van der Waals surface area contributed by atoms with E-state index in [0.29, 0.717) is 5.92 Å². The minimum Gasteiger partial charge on any atom is -0.303 e. The van der Waals surface area contributed by atoms with Crippen LogP contribution in [0, 0.1) is 5.92 Å². The Morgan fingerprint density at radius 3 is 2.29 bits per heavy atom. The topological polar surface area (TPSA) is 15.6 Å². The molecule has 1 unspecified atom stereocenters. The number of hydrogen-bond acceptors (Lipinski definition) is 2. The van der Waals surface area contributed by atoms with Gasteiger partial charge in [0.1, 0.15) is 0 Å². The summed E-state index contributed by atoms with van der Waals surface area (Å²) in [5, 5.41) is 6.05. The van der Waals surface area contributed by atoms with Gasteiger partial charge in [-0.3, -0.25) is 0 Å². The molecule has 1 atom stereocenters. The highest BCUT2D eigenvalue weighted by molar-refractivity contribution is 5.64. The van der Waals surface area contributed by atoms with E-state index in [1.165, 1.54) is 5.57 Å². The lowest BCUT2D eigenvalue weighted by molar-refractivity contribution is 0.437. The number of nitrogens with zero attached hydrogens (tertiary/aromatic N) is 2. The smallest absolute Gasteiger partial charge is 0.0319 e. The monoisotopic (exact) mass is 194 g/mol. The van der Waals surface area contributed by atoms with Gasteiger partial charge in [0, 0.05) is 26.2 Å². The van der Waals surface area contributed by atoms with Crippen LogP contribution in [0.3, 0.4) is 0 Å². The van der Waals surface area contributed by atoms with Gasteiger partial charge in [-0.25, -0.2) is 0 Å². The minimum atomic E-state index is 0.354. The second kappa shape index (κ2) is 6.41. The Hall–Kier alpha value is -1.05. The van der Waals surface area contributed by atoms with Crippen molar-refractivity contribution < 1.29 is 0 Å². The molecule has 0 aromatic carbocycles. The first-order chi connectivity index (χ1) is 6.43. The summed E-state index contributed by atoms with van der Waals surface area (Å²) in [6.45, 7) is 10.2. The van der Waals surface area contributed by atoms with Crippen molar-refractivity contribution in [2.45, 2.75) is 27.2 Å². The van der Waals surface area contributed by atoms with Crippen LogP contribution in [0.4, 0.5) is 0 Å². The van der Waals surface area contributed by atoms with Crippen LogP contribution in [0.15, 0.2) is 28.9 Å². The van der Waals surface area contributed by atoms with Gasteiger partial charge >= 0.3 is 0 Å². The summed E-state index contributed by atoms with van der Waals surface area (Å²) in [6, 6.07) is 0. The lowest BCUT2D eigenvalue weighted by Crippen LogP contribution is -2.08. The summed E-state index contributed by atoms with van der Waals surface area (Å²) in [4.78, 5) is 0. The van der Waals surface area contributed by atoms with Crippen LogP contribution in [-0.4, -0.2) is 25.3 Å². The predicted molar refractivity (Wildman–Crippen MR) is 64.5 cm³/mol. The SMILES string of the molecule is C=C(C)C(/C=N/N(C)C)CC=C(C)C. The third-order valence-electron chi connectivity index (χ3n) is 1.89. The molecule has 0 heterocycles. The Bertz CT molecular complexity index is 233. The molecule has 0 fully saturated rings. The molecule has 0 aromatic heterocycles. The van der Waals surface area contributed by atoms with Crippen molar-refractivity contribution in [3.63, 3.8) is 0 Å². The third-order valence-corrected chi connectivity index (χ3v) is 1.89. The molecular weight excluding hydrogens is 172 g/mol. The second-order valence-electron chi connectivity index (χ2n) is 4.08. The van der Waals surface area contributed by atoms with E-state index in [-0.39, 0.29) is 0 Å². The maximum absolute atomic E-state index is 4.24. The zero-order valence-electron chi connectivity index (χ0n) is 10.0. The van der Waals surface area contributed by atoms with E-state index in [4.69, 9.17) is 0 Å². The van der Waals surface area contributed by atoms with Gasteiger partial charge in [0.25, 0.3) is 0 Å². The van der Waals surface area contributed by atoms with Crippen LogP contribution in [0.1, 0.15) is 27.2 Å². The van der Waals surface area contributed by atoms with Crippen LogP contribution >= 0.6 is 0 Å². The molecule has 0 amide bonds. The average Bonchev–Trinajstić information content (AvgIpc) is 2.02. The molecule has 2 nitrogen and oxygen atoms in total. The summed E-state index contributed by atoms with van der Waals surface area (Å²) in [5.41, 5.74) is 2.50. The first-order valence-electron chi connectivity index (χ1n) is 4.93. The number of hydrazone groups is 1. The van der Waals surface area contributed by atoms with E-state index in [1.807, 2.05) is 27.2 Å². The largest absolute Gasteiger partial charge is 0.303 e. The molecule has 0 aliphatic carbocycles. The molecular formula is C12H22N2. The zero-order valence-corrected chi connectivity index (χ0v) is 10.0. The van der Waals surface area contributed by atoms with Crippen molar-refractivity contribution in [3.8, 4) is 0 Å². The molecule has 0 saturated heterocycles. The Morgan fingerprint density at radius 2 is 1.93 bits per heavy atom. The standard InChI is InChI=1S/C12H22N2/c1-10(2)7-8-12(11(3)4)9-13-14(5)6/h7,9,12H,3,8H2,1-2,4-6H3/b13-9+. The molecule has 0 aliphatic heterocycles. The van der Waals surface area contributed by atoms with E-state index in [1.54, 1.807) is 5.01 Å². The first-order valence-corrected chi connectivity index (χ1v) is 4.93. The average molecular weight is 194 g/mol. The predicted octanol–water partition coefficient (Wildman–Crippen LogP) is 3.08. The Kier molecular flexibility index (Phi) is 5.93. The summed E-state index contributed by atoms with van der Waals surface area (Å²) in [7, 11) is 3.85. The highest BCUT2D eigenvalue weighted by Crippen LogP contribution is 2.12. The molecule has 0 N–H and O–H groups in total. The summed E-state index contributed by atoms with van der Waals surface area (Å²) < 4.78 is 0. The van der Waals surface area contributed by atoms with Crippen LogP contribution in [0.2, 0.25) is 0 Å². The molecule has 0 aromatic rings. The number of allylic oxidation sites excluding steroid dienone is 3. The fourth-order valence-corrected chi connectivity index (χ4v) is 0.966. The van der Waals surface area contributed by atoms with E-state index in [0.717, 1.165) is 12.0 Å².